The number of hydrogen-bond donors (Lipinski definition) is 0. The van der Waals surface area contributed by atoms with E-state index < -0.39 is 0 Å². The number of aromatic nitrogens is 2. The molecule has 42 heavy (non-hydrogen) atoms. The van der Waals surface area contributed by atoms with Crippen LogP contribution in [0.4, 0.5) is 0 Å². The Hall–Kier alpha value is -1.81. The summed E-state index contributed by atoms with van der Waals surface area (Å²) in [7, 11) is 0. The highest BCUT2D eigenvalue weighted by Gasteiger charge is 2.47. The monoisotopic (exact) mass is 624 g/mol. The smallest absolute Gasteiger partial charge is 0.183 e. The fraction of sp³-hybridized carbons (Fsp3) is 0.556. The van der Waals surface area contributed by atoms with E-state index in [0.717, 1.165) is 59.3 Å². The predicted molar refractivity (Wildman–Crippen MR) is 175 cm³/mol. The van der Waals surface area contributed by atoms with Crippen LogP contribution in [0, 0.1) is 36.5 Å². The van der Waals surface area contributed by atoms with Crippen molar-refractivity contribution in [3.8, 4) is 16.9 Å². The summed E-state index contributed by atoms with van der Waals surface area (Å²) in [6, 6.07) is 12.9. The number of carbonyl (C=O) groups is 1. The zero-order chi connectivity index (χ0) is 29.2. The Morgan fingerprint density at radius 2 is 1.38 bits per heavy atom. The lowest BCUT2D eigenvalue weighted by molar-refractivity contribution is -0.0404. The van der Waals surface area contributed by atoms with Gasteiger partial charge in [0.1, 0.15) is 5.69 Å². The Bertz CT molecular complexity index is 1370. The van der Waals surface area contributed by atoms with Crippen molar-refractivity contribution in [1.82, 2.24) is 9.78 Å². The highest BCUT2D eigenvalue weighted by atomic mass is 35.5. The van der Waals surface area contributed by atoms with Crippen molar-refractivity contribution in [1.29, 1.82) is 0 Å². The lowest BCUT2D eigenvalue weighted by atomic mass is 9.51. The number of ketones is 1. The molecule has 0 radical (unpaired) electrons. The molecule has 1 aromatic heterocycles. The average molecular weight is 626 g/mol. The summed E-state index contributed by atoms with van der Waals surface area (Å²) in [4.78, 5) is 13.4. The molecule has 6 heteroatoms. The molecule has 1 heterocycles. The minimum absolute atomic E-state index is 0.0854. The lowest BCUT2D eigenvalue weighted by Crippen LogP contribution is -2.44. The minimum Gasteiger partial charge on any atom is -0.292 e. The first-order chi connectivity index (χ1) is 20.4. The van der Waals surface area contributed by atoms with Crippen LogP contribution in [0.5, 0.6) is 0 Å². The van der Waals surface area contributed by atoms with Crippen LogP contribution in [0.2, 0.25) is 15.1 Å². The van der Waals surface area contributed by atoms with Crippen LogP contribution in [-0.2, 0) is 0 Å². The molecule has 3 nitrogen and oxygen atoms in total. The standard InChI is InChI=1S/C36H43Cl3N2O/c1-23-35(40-41(33-16-15-30(38)22-32(33)39)36(23)26-11-13-29(37)14-12-26)34(42)10-8-6-4-2-3-5-7-9-31-27-18-24-17-25(20-27)21-28(31)19-24/h11-16,22,24-25,27-28,31H,2-10,17-21H2,1H3. The summed E-state index contributed by atoms with van der Waals surface area (Å²) >= 11 is 18.9. The molecule has 4 saturated carbocycles. The molecule has 0 saturated heterocycles. The van der Waals surface area contributed by atoms with Gasteiger partial charge in [-0.15, -0.1) is 0 Å². The lowest BCUT2D eigenvalue weighted by Gasteiger charge is -2.54. The van der Waals surface area contributed by atoms with Crippen molar-refractivity contribution in [3.05, 3.63) is 68.8 Å². The maximum atomic E-state index is 13.4. The molecule has 0 aliphatic heterocycles. The second kappa shape index (κ2) is 13.4. The van der Waals surface area contributed by atoms with Gasteiger partial charge in [-0.05, 0) is 112 Å². The molecule has 2 aromatic carbocycles. The van der Waals surface area contributed by atoms with Gasteiger partial charge >= 0.3 is 0 Å². The van der Waals surface area contributed by atoms with Crippen LogP contribution in [0.3, 0.4) is 0 Å². The number of unbranched alkanes of at least 4 members (excludes halogenated alkanes) is 6. The molecule has 4 aliphatic rings. The van der Waals surface area contributed by atoms with E-state index in [2.05, 4.69) is 0 Å². The largest absolute Gasteiger partial charge is 0.292 e. The number of nitrogens with zero attached hydrogens (tertiary/aromatic N) is 2. The fourth-order valence-corrected chi connectivity index (χ4v) is 9.33. The third kappa shape index (κ3) is 6.64. The zero-order valence-electron chi connectivity index (χ0n) is 24.8. The number of hydrogen-bond acceptors (Lipinski definition) is 2. The van der Waals surface area contributed by atoms with Crippen LogP contribution in [0.25, 0.3) is 16.9 Å². The van der Waals surface area contributed by atoms with Gasteiger partial charge in [-0.25, -0.2) is 4.68 Å². The molecular weight excluding hydrogens is 583 g/mol. The predicted octanol–water partition coefficient (Wildman–Crippen LogP) is 11.6. The van der Waals surface area contributed by atoms with Gasteiger partial charge < -0.3 is 0 Å². The summed E-state index contributed by atoms with van der Waals surface area (Å²) in [5, 5.41) is 6.49. The van der Waals surface area contributed by atoms with E-state index in [1.165, 1.54) is 38.5 Å². The summed E-state index contributed by atoms with van der Waals surface area (Å²) < 4.78 is 1.77. The van der Waals surface area contributed by atoms with E-state index in [9.17, 15) is 4.79 Å². The Balaban J connectivity index is 0.982. The molecule has 224 valence electrons. The van der Waals surface area contributed by atoms with Crippen LogP contribution in [0.1, 0.15) is 106 Å². The second-order valence-electron chi connectivity index (χ2n) is 13.4. The van der Waals surface area contributed by atoms with Crippen LogP contribution < -0.4 is 0 Å². The maximum Gasteiger partial charge on any atom is 0.183 e. The van der Waals surface area contributed by atoms with Crippen molar-refractivity contribution in [2.24, 2.45) is 29.6 Å². The molecule has 0 spiro atoms. The molecule has 4 bridgehead atoms. The van der Waals surface area contributed by atoms with Gasteiger partial charge in [-0.1, -0.05) is 85.5 Å². The van der Waals surface area contributed by atoms with Gasteiger partial charge in [0.25, 0.3) is 0 Å². The van der Waals surface area contributed by atoms with Gasteiger partial charge in [0.15, 0.2) is 5.78 Å². The molecular formula is C36H43Cl3N2O. The number of rotatable bonds is 13. The second-order valence-corrected chi connectivity index (χ2v) is 14.6. The van der Waals surface area contributed by atoms with Crippen molar-refractivity contribution >= 4 is 40.6 Å². The first kappa shape index (κ1) is 30.2. The molecule has 7 rings (SSSR count). The van der Waals surface area contributed by atoms with Crippen molar-refractivity contribution in [2.75, 3.05) is 0 Å². The first-order valence-electron chi connectivity index (χ1n) is 16.2. The van der Waals surface area contributed by atoms with Crippen LogP contribution in [-0.4, -0.2) is 15.6 Å². The minimum atomic E-state index is 0.0854. The van der Waals surface area contributed by atoms with Crippen molar-refractivity contribution in [3.63, 3.8) is 0 Å². The van der Waals surface area contributed by atoms with E-state index in [0.29, 0.717) is 32.9 Å². The SMILES string of the molecule is Cc1c(C(=O)CCCCCCCCCC2C3CC4CC(C3)CC2C4)nn(-c2ccc(Cl)cc2Cl)c1-c1ccc(Cl)cc1. The third-order valence-corrected chi connectivity index (χ3v) is 11.3. The Morgan fingerprint density at radius 1 is 0.786 bits per heavy atom. The Kier molecular flexibility index (Phi) is 9.68. The Labute approximate surface area is 266 Å². The topological polar surface area (TPSA) is 34.9 Å². The summed E-state index contributed by atoms with van der Waals surface area (Å²) in [6.45, 7) is 1.97. The Morgan fingerprint density at radius 3 is 2.02 bits per heavy atom. The molecule has 0 unspecified atom stereocenters. The first-order valence-corrected chi connectivity index (χ1v) is 17.3. The molecule has 0 amide bonds. The molecule has 4 aliphatic carbocycles. The van der Waals surface area contributed by atoms with Crippen LogP contribution in [0.15, 0.2) is 42.5 Å². The van der Waals surface area contributed by atoms with E-state index in [-0.39, 0.29) is 5.78 Å². The van der Waals surface area contributed by atoms with Gasteiger partial charge in [0.2, 0.25) is 0 Å². The maximum absolute atomic E-state index is 13.4. The van der Waals surface area contributed by atoms with Gasteiger partial charge in [0.05, 0.1) is 16.4 Å². The van der Waals surface area contributed by atoms with Crippen LogP contribution >= 0.6 is 34.8 Å². The highest BCUT2D eigenvalue weighted by molar-refractivity contribution is 6.35. The van der Waals surface area contributed by atoms with E-state index in [4.69, 9.17) is 39.9 Å². The third-order valence-electron chi connectivity index (χ3n) is 10.5. The number of benzene rings is 2. The zero-order valence-corrected chi connectivity index (χ0v) is 27.0. The van der Waals surface area contributed by atoms with E-state index >= 15 is 0 Å². The fourth-order valence-electron chi connectivity index (χ4n) is 8.71. The summed E-state index contributed by atoms with van der Waals surface area (Å²) in [6.07, 6.45) is 18.3. The van der Waals surface area contributed by atoms with E-state index in [1.807, 2.05) is 37.3 Å². The number of halogens is 3. The highest BCUT2D eigenvalue weighted by Crippen LogP contribution is 2.57. The summed E-state index contributed by atoms with van der Waals surface area (Å²) in [5.74, 6) is 5.44. The molecule has 0 N–H and O–H groups in total. The molecule has 3 aromatic rings. The van der Waals surface area contributed by atoms with Gasteiger partial charge in [-0.3, -0.25) is 4.79 Å². The average Bonchev–Trinajstić information content (AvgIpc) is 3.30. The normalized spacial score (nSPS) is 24.4. The summed E-state index contributed by atoms with van der Waals surface area (Å²) in [5.41, 5.74) is 3.82. The van der Waals surface area contributed by atoms with Gasteiger partial charge in [-0.2, -0.15) is 5.10 Å². The van der Waals surface area contributed by atoms with Crippen molar-refractivity contribution < 1.29 is 4.79 Å². The quantitative estimate of drug-likeness (QED) is 0.140. The van der Waals surface area contributed by atoms with Crippen molar-refractivity contribution in [2.45, 2.75) is 96.8 Å². The number of carbonyl (C=O) groups excluding carboxylic acids is 1. The molecule has 0 atom stereocenters. The van der Waals surface area contributed by atoms with E-state index in [1.54, 1.807) is 48.9 Å². The van der Waals surface area contributed by atoms with Gasteiger partial charge in [0, 0.05) is 27.6 Å². The number of Topliss-reactive ketones (excluding diaryl/α,β-unsaturated/α-hetero) is 1. The molecule has 4 fully saturated rings.